The smallest absolute Gasteiger partial charge is 0.182 e. The number of hydrogen-bond donors (Lipinski definition) is 0. The normalized spacial score (nSPS) is 13.8. The van der Waals surface area contributed by atoms with Crippen molar-refractivity contribution in [2.75, 3.05) is 13.6 Å². The molecule has 2 atom stereocenters. The third kappa shape index (κ3) is 3.83. The Hall–Kier alpha value is -2.78. The molecule has 0 spiro atoms. The van der Waals surface area contributed by atoms with Crippen molar-refractivity contribution in [1.82, 2.24) is 4.48 Å². The number of nitrogens with zero attached hydrogens (tertiary/aromatic N) is 1. The number of quaternary nitrogens is 1. The molecule has 0 saturated heterocycles. The van der Waals surface area contributed by atoms with Gasteiger partial charge in [0.05, 0.1) is 11.9 Å². The number of benzene rings is 2. The van der Waals surface area contributed by atoms with Crippen molar-refractivity contribution >= 4 is 17.0 Å². The summed E-state index contributed by atoms with van der Waals surface area (Å²) in [5.74, 6) is 9.70. The molecule has 25 heavy (non-hydrogen) atoms. The zero-order chi connectivity index (χ0) is 17.5. The molecule has 0 aliphatic carbocycles. The Morgan fingerprint density at radius 2 is 1.64 bits per heavy atom. The van der Waals surface area contributed by atoms with Gasteiger partial charge in [0.15, 0.2) is 6.04 Å². The van der Waals surface area contributed by atoms with Crippen LogP contribution in [0, 0.1) is 24.2 Å². The average Bonchev–Trinajstić information content (AvgIpc) is 3.17. The number of hydrogen-bond acceptors (Lipinski definition) is 1. The Labute approximate surface area is 154 Å². The average molecular weight is 342 g/mol. The molecular formula is C23H20NS+. The standard InChI is InChI=1S/C23H20NS/c1-3-18-24(2,21-13-8-5-9-14-21)23(20-11-6-4-7-12-20)17-16-22-15-10-19-25-22/h1,4-15,19,23H,18H2,2H3/q+1/t23?,24-/m1/s1. The fourth-order valence-electron chi connectivity index (χ4n) is 2.97. The van der Waals surface area contributed by atoms with E-state index in [0.717, 1.165) is 10.6 Å². The molecule has 0 bridgehead atoms. The molecule has 1 aromatic heterocycles. The summed E-state index contributed by atoms with van der Waals surface area (Å²) in [7, 11) is 2.16. The molecule has 0 amide bonds. The van der Waals surface area contributed by atoms with Gasteiger partial charge in [-0.3, -0.25) is 4.48 Å². The maximum absolute atomic E-state index is 5.75. The van der Waals surface area contributed by atoms with Crippen molar-refractivity contribution in [3.8, 4) is 24.2 Å². The lowest BCUT2D eigenvalue weighted by Gasteiger charge is -2.37. The minimum atomic E-state index is -0.0400. The summed E-state index contributed by atoms with van der Waals surface area (Å²) in [5.41, 5.74) is 2.34. The Kier molecular flexibility index (Phi) is 5.36. The van der Waals surface area contributed by atoms with Crippen LogP contribution < -0.4 is 4.48 Å². The van der Waals surface area contributed by atoms with E-state index >= 15 is 0 Å². The van der Waals surface area contributed by atoms with Crippen molar-refractivity contribution in [2.24, 2.45) is 0 Å². The molecule has 0 saturated carbocycles. The third-order valence-electron chi connectivity index (χ3n) is 4.30. The number of terminal acetylenes is 1. The first kappa shape index (κ1) is 17.1. The highest BCUT2D eigenvalue weighted by Gasteiger charge is 2.34. The molecule has 3 rings (SSSR count). The SMILES string of the molecule is C#CC[N@+](C)(c1ccccc1)C(C#Cc1cccs1)c1ccccc1. The van der Waals surface area contributed by atoms with Crippen LogP contribution in [0.1, 0.15) is 16.5 Å². The molecule has 0 radical (unpaired) electrons. The van der Waals surface area contributed by atoms with Gasteiger partial charge >= 0.3 is 0 Å². The minimum Gasteiger partial charge on any atom is -0.267 e. The summed E-state index contributed by atoms with van der Waals surface area (Å²) >= 11 is 1.66. The monoisotopic (exact) mass is 342 g/mol. The largest absolute Gasteiger partial charge is 0.267 e. The Morgan fingerprint density at radius 1 is 0.960 bits per heavy atom. The van der Waals surface area contributed by atoms with Crippen LogP contribution in [-0.2, 0) is 0 Å². The van der Waals surface area contributed by atoms with Crippen LogP contribution in [-0.4, -0.2) is 13.6 Å². The molecule has 0 aliphatic rings. The van der Waals surface area contributed by atoms with Crippen molar-refractivity contribution < 1.29 is 0 Å². The lowest BCUT2D eigenvalue weighted by Crippen LogP contribution is -2.48. The van der Waals surface area contributed by atoms with Crippen molar-refractivity contribution in [3.63, 3.8) is 0 Å². The van der Waals surface area contributed by atoms with Gasteiger partial charge in [0.25, 0.3) is 0 Å². The summed E-state index contributed by atoms with van der Waals surface area (Å²) < 4.78 is 0.555. The zero-order valence-electron chi connectivity index (χ0n) is 14.2. The molecule has 1 nitrogen and oxygen atoms in total. The van der Waals surface area contributed by atoms with Crippen LogP contribution in [0.15, 0.2) is 78.2 Å². The first-order valence-corrected chi connectivity index (χ1v) is 9.06. The van der Waals surface area contributed by atoms with Gasteiger partial charge in [0, 0.05) is 5.56 Å². The van der Waals surface area contributed by atoms with Crippen LogP contribution >= 0.6 is 11.3 Å². The van der Waals surface area contributed by atoms with E-state index in [-0.39, 0.29) is 6.04 Å². The Bertz CT molecular complexity index is 895. The van der Waals surface area contributed by atoms with Gasteiger partial charge in [-0.1, -0.05) is 54.6 Å². The summed E-state index contributed by atoms with van der Waals surface area (Å²) in [6.45, 7) is 0.572. The first-order valence-electron chi connectivity index (χ1n) is 8.18. The molecule has 0 aliphatic heterocycles. The predicted molar refractivity (Wildman–Crippen MR) is 108 cm³/mol. The van der Waals surface area contributed by atoms with E-state index < -0.39 is 0 Å². The molecule has 1 heterocycles. The van der Waals surface area contributed by atoms with Crippen LogP contribution in [0.25, 0.3) is 0 Å². The molecular weight excluding hydrogens is 322 g/mol. The lowest BCUT2D eigenvalue weighted by molar-refractivity contribution is 0.325. The number of para-hydroxylation sites is 1. The van der Waals surface area contributed by atoms with E-state index in [1.165, 1.54) is 5.56 Å². The molecule has 0 N–H and O–H groups in total. The van der Waals surface area contributed by atoms with Crippen molar-refractivity contribution in [2.45, 2.75) is 6.04 Å². The third-order valence-corrected chi connectivity index (χ3v) is 5.09. The van der Waals surface area contributed by atoms with Gasteiger partial charge in [-0.05, 0) is 41.3 Å². The van der Waals surface area contributed by atoms with E-state index in [1.807, 2.05) is 29.6 Å². The van der Waals surface area contributed by atoms with Gasteiger partial charge in [-0.25, -0.2) is 0 Å². The van der Waals surface area contributed by atoms with E-state index in [0.29, 0.717) is 11.0 Å². The Morgan fingerprint density at radius 3 is 2.24 bits per heavy atom. The topological polar surface area (TPSA) is 0 Å². The zero-order valence-corrected chi connectivity index (χ0v) is 15.0. The first-order chi connectivity index (χ1) is 12.2. The predicted octanol–water partition coefficient (Wildman–Crippen LogP) is 5.11. The fraction of sp³-hybridized carbons (Fsp3) is 0.130. The second-order valence-corrected chi connectivity index (χ2v) is 6.97. The van der Waals surface area contributed by atoms with Crippen LogP contribution in [0.2, 0.25) is 0 Å². The highest BCUT2D eigenvalue weighted by Crippen LogP contribution is 2.33. The molecule has 3 aromatic rings. The second kappa shape index (κ2) is 7.86. The molecule has 2 heteroatoms. The molecule has 0 fully saturated rings. The lowest BCUT2D eigenvalue weighted by atomic mass is 10.0. The van der Waals surface area contributed by atoms with E-state index in [9.17, 15) is 0 Å². The van der Waals surface area contributed by atoms with Gasteiger partial charge < -0.3 is 0 Å². The fourth-order valence-corrected chi connectivity index (χ4v) is 3.55. The van der Waals surface area contributed by atoms with E-state index in [2.05, 4.69) is 73.3 Å². The minimum absolute atomic E-state index is 0.0400. The van der Waals surface area contributed by atoms with Crippen LogP contribution in [0.5, 0.6) is 0 Å². The van der Waals surface area contributed by atoms with Crippen molar-refractivity contribution in [1.29, 1.82) is 0 Å². The van der Waals surface area contributed by atoms with E-state index in [4.69, 9.17) is 6.42 Å². The van der Waals surface area contributed by atoms with Crippen molar-refractivity contribution in [3.05, 3.63) is 88.6 Å². The maximum Gasteiger partial charge on any atom is 0.182 e. The number of thiophene rings is 1. The molecule has 1 unspecified atom stereocenters. The van der Waals surface area contributed by atoms with Gasteiger partial charge in [-0.15, -0.1) is 17.8 Å². The summed E-state index contributed by atoms with van der Waals surface area (Å²) in [5, 5.41) is 2.05. The van der Waals surface area contributed by atoms with Gasteiger partial charge in [0.2, 0.25) is 0 Å². The van der Waals surface area contributed by atoms with Gasteiger partial charge in [-0.2, -0.15) is 0 Å². The van der Waals surface area contributed by atoms with Gasteiger partial charge in [0.1, 0.15) is 12.2 Å². The highest BCUT2D eigenvalue weighted by atomic mass is 32.1. The summed E-state index contributed by atoms with van der Waals surface area (Å²) in [4.78, 5) is 1.07. The quantitative estimate of drug-likeness (QED) is 0.456. The van der Waals surface area contributed by atoms with Crippen LogP contribution in [0.3, 0.4) is 0 Å². The van der Waals surface area contributed by atoms with E-state index in [1.54, 1.807) is 11.3 Å². The maximum atomic E-state index is 5.75. The summed E-state index contributed by atoms with van der Waals surface area (Å²) in [6, 6.07) is 24.8. The molecule has 2 aromatic carbocycles. The second-order valence-electron chi connectivity index (χ2n) is 6.03. The summed E-state index contributed by atoms with van der Waals surface area (Å²) in [6.07, 6.45) is 5.75. The highest BCUT2D eigenvalue weighted by molar-refractivity contribution is 7.10. The number of rotatable bonds is 4. The Balaban J connectivity index is 2.13. The molecule has 122 valence electrons. The van der Waals surface area contributed by atoms with Crippen LogP contribution in [0.4, 0.5) is 5.69 Å².